The molecule has 1 aliphatic carbocycles. The number of aliphatic hydroxyl groups is 1. The number of halogens is 4. The van der Waals surface area contributed by atoms with Gasteiger partial charge >= 0.3 is 0 Å². The fourth-order valence-electron chi connectivity index (χ4n) is 4.98. The first-order chi connectivity index (χ1) is 18.4. The third-order valence-corrected chi connectivity index (χ3v) is 7.17. The standard InChI is InChI=1S/C26H26ClF3N6O3/c1-26(39,25(29)30)23-17-9-14(10-19(28)22(17)35-36(23)2)16-11-20(32-12-18(16)27)34-24(38)13-4-3-5-15(8-13)33-21(37)6-7-31/h9-13,15,25,39H,3-6,8H2,1-2H3,(H,33,37)(H,32,34,38). The van der Waals surface area contributed by atoms with E-state index in [4.69, 9.17) is 16.9 Å². The summed E-state index contributed by atoms with van der Waals surface area (Å²) in [7, 11) is 1.34. The Kier molecular flexibility index (Phi) is 8.13. The minimum absolute atomic E-state index is 0.0112. The Morgan fingerprint density at radius 3 is 2.77 bits per heavy atom. The monoisotopic (exact) mass is 562 g/mol. The van der Waals surface area contributed by atoms with Crippen LogP contribution in [0.1, 0.15) is 44.7 Å². The minimum atomic E-state index is -3.16. The molecule has 3 N–H and O–H groups in total. The molecule has 0 aliphatic heterocycles. The number of benzene rings is 1. The molecule has 39 heavy (non-hydrogen) atoms. The molecule has 2 amide bonds. The van der Waals surface area contributed by atoms with Gasteiger partial charge in [0.2, 0.25) is 11.8 Å². The summed E-state index contributed by atoms with van der Waals surface area (Å²) in [6.45, 7) is 0.927. The van der Waals surface area contributed by atoms with Crippen LogP contribution in [0, 0.1) is 23.1 Å². The van der Waals surface area contributed by atoms with Gasteiger partial charge in [-0.05, 0) is 49.9 Å². The molecule has 1 fully saturated rings. The van der Waals surface area contributed by atoms with Crippen molar-refractivity contribution in [1.29, 1.82) is 5.26 Å². The summed E-state index contributed by atoms with van der Waals surface area (Å²) in [6.07, 6.45) is 0.286. The number of nitrogens with zero attached hydrogens (tertiary/aromatic N) is 4. The molecule has 1 saturated carbocycles. The quantitative estimate of drug-likeness (QED) is 0.390. The first-order valence-corrected chi connectivity index (χ1v) is 12.6. The van der Waals surface area contributed by atoms with Crippen LogP contribution in [0.15, 0.2) is 24.4 Å². The Morgan fingerprint density at radius 1 is 1.33 bits per heavy atom. The van der Waals surface area contributed by atoms with Crippen LogP contribution in [0.3, 0.4) is 0 Å². The molecule has 0 radical (unpaired) electrons. The van der Waals surface area contributed by atoms with E-state index in [9.17, 15) is 23.5 Å². The van der Waals surface area contributed by atoms with E-state index >= 15 is 4.39 Å². The van der Waals surface area contributed by atoms with E-state index < -0.39 is 23.8 Å². The number of hydrogen-bond acceptors (Lipinski definition) is 6. The summed E-state index contributed by atoms with van der Waals surface area (Å²) in [6, 6.07) is 5.55. The van der Waals surface area contributed by atoms with Gasteiger partial charge in [0.15, 0.2) is 11.4 Å². The van der Waals surface area contributed by atoms with Gasteiger partial charge in [-0.2, -0.15) is 10.4 Å². The van der Waals surface area contributed by atoms with Crippen LogP contribution in [-0.4, -0.2) is 44.2 Å². The second-order valence-corrected chi connectivity index (χ2v) is 10.2. The third kappa shape index (κ3) is 5.84. The highest BCUT2D eigenvalue weighted by atomic mass is 35.5. The zero-order valence-corrected chi connectivity index (χ0v) is 21.9. The molecule has 9 nitrogen and oxygen atoms in total. The lowest BCUT2D eigenvalue weighted by Crippen LogP contribution is -2.40. The van der Waals surface area contributed by atoms with E-state index in [0.717, 1.165) is 17.7 Å². The Balaban J connectivity index is 1.61. The maximum absolute atomic E-state index is 15.1. The summed E-state index contributed by atoms with van der Waals surface area (Å²) >= 11 is 6.35. The maximum Gasteiger partial charge on any atom is 0.272 e. The van der Waals surface area contributed by atoms with Crippen LogP contribution in [0.5, 0.6) is 0 Å². The van der Waals surface area contributed by atoms with Gasteiger partial charge in [-0.15, -0.1) is 0 Å². The Labute approximate surface area is 227 Å². The van der Waals surface area contributed by atoms with Crippen molar-refractivity contribution >= 4 is 40.1 Å². The summed E-state index contributed by atoms with van der Waals surface area (Å²) in [5.74, 6) is -1.78. The molecule has 1 aliphatic rings. The Morgan fingerprint density at radius 2 is 2.08 bits per heavy atom. The van der Waals surface area contributed by atoms with E-state index in [-0.39, 0.29) is 62.8 Å². The highest BCUT2D eigenvalue weighted by Gasteiger charge is 2.39. The van der Waals surface area contributed by atoms with Crippen molar-refractivity contribution in [3.8, 4) is 17.2 Å². The van der Waals surface area contributed by atoms with Gasteiger partial charge in [-0.3, -0.25) is 14.3 Å². The Hall–Kier alpha value is -3.69. The van der Waals surface area contributed by atoms with E-state index in [0.29, 0.717) is 25.7 Å². The summed E-state index contributed by atoms with van der Waals surface area (Å²) in [5, 5.41) is 28.7. The highest BCUT2D eigenvalue weighted by molar-refractivity contribution is 6.33. The van der Waals surface area contributed by atoms with Crippen LogP contribution in [-0.2, 0) is 22.2 Å². The average molecular weight is 563 g/mol. The molecule has 0 saturated heterocycles. The number of carbonyl (C=O) groups excluding carboxylic acids is 2. The molecule has 2 heterocycles. The number of hydrogen-bond donors (Lipinski definition) is 3. The van der Waals surface area contributed by atoms with Crippen molar-refractivity contribution in [1.82, 2.24) is 20.1 Å². The van der Waals surface area contributed by atoms with Crippen molar-refractivity contribution in [2.75, 3.05) is 5.32 Å². The van der Waals surface area contributed by atoms with Crippen molar-refractivity contribution in [2.45, 2.75) is 57.1 Å². The molecule has 0 bridgehead atoms. The molecule has 3 atom stereocenters. The molecule has 13 heteroatoms. The Bertz CT molecular complexity index is 1470. The number of aromatic nitrogens is 3. The van der Waals surface area contributed by atoms with Gasteiger partial charge in [0.05, 0.1) is 16.8 Å². The molecule has 3 aromatic rings. The summed E-state index contributed by atoms with van der Waals surface area (Å²) in [4.78, 5) is 28.9. The van der Waals surface area contributed by atoms with Gasteiger partial charge in [0.25, 0.3) is 6.43 Å². The van der Waals surface area contributed by atoms with Gasteiger partial charge in [-0.25, -0.2) is 18.2 Å². The van der Waals surface area contributed by atoms with Gasteiger partial charge in [0, 0.05) is 36.2 Å². The number of fused-ring (bicyclic) bond motifs is 1. The first-order valence-electron chi connectivity index (χ1n) is 12.2. The number of amides is 2. The van der Waals surface area contributed by atoms with Crippen LogP contribution >= 0.6 is 11.6 Å². The number of nitrogens with one attached hydrogen (secondary N) is 2. The number of rotatable bonds is 7. The minimum Gasteiger partial charge on any atom is -0.378 e. The van der Waals surface area contributed by atoms with Crippen LogP contribution < -0.4 is 10.6 Å². The average Bonchev–Trinajstić information content (AvgIpc) is 3.22. The smallest absolute Gasteiger partial charge is 0.272 e. The molecule has 0 spiro atoms. The SMILES string of the molecule is Cn1nc2c(F)cc(-c3cc(NC(=O)C4CCCC(NC(=O)CC#N)C4)ncc3Cl)cc2c1C(C)(O)C(F)F. The number of nitriles is 1. The van der Waals surface area contributed by atoms with Gasteiger partial charge in [-0.1, -0.05) is 18.0 Å². The van der Waals surface area contributed by atoms with Crippen LogP contribution in [0.25, 0.3) is 22.0 Å². The van der Waals surface area contributed by atoms with E-state index in [1.807, 2.05) is 0 Å². The zero-order valence-electron chi connectivity index (χ0n) is 21.1. The summed E-state index contributed by atoms with van der Waals surface area (Å²) < 4.78 is 43.3. The lowest BCUT2D eigenvalue weighted by molar-refractivity contribution is -0.124. The molecule has 1 aromatic carbocycles. The van der Waals surface area contributed by atoms with E-state index in [2.05, 4.69) is 20.7 Å². The van der Waals surface area contributed by atoms with Crippen LogP contribution in [0.2, 0.25) is 5.02 Å². The lowest BCUT2D eigenvalue weighted by atomic mass is 9.85. The predicted molar refractivity (Wildman–Crippen MR) is 137 cm³/mol. The summed E-state index contributed by atoms with van der Waals surface area (Å²) in [5.41, 5.74) is -2.56. The number of pyridine rings is 1. The second kappa shape index (κ2) is 11.2. The normalized spacial score (nSPS) is 18.9. The molecular weight excluding hydrogens is 537 g/mol. The second-order valence-electron chi connectivity index (χ2n) is 9.78. The fraction of sp³-hybridized carbons (Fsp3) is 0.423. The van der Waals surface area contributed by atoms with E-state index in [1.54, 1.807) is 6.07 Å². The predicted octanol–water partition coefficient (Wildman–Crippen LogP) is 4.43. The molecule has 206 valence electrons. The van der Waals surface area contributed by atoms with Gasteiger partial charge in [0.1, 0.15) is 17.8 Å². The number of anilines is 1. The first kappa shape index (κ1) is 28.3. The zero-order chi connectivity index (χ0) is 28.5. The lowest BCUT2D eigenvalue weighted by Gasteiger charge is -2.28. The topological polar surface area (TPSA) is 133 Å². The highest BCUT2D eigenvalue weighted by Crippen LogP contribution is 2.38. The van der Waals surface area contributed by atoms with Crippen molar-refractivity contribution < 1.29 is 27.9 Å². The third-order valence-electron chi connectivity index (χ3n) is 6.86. The molecule has 3 unspecified atom stereocenters. The molecular formula is C26H26ClF3N6O3. The maximum atomic E-state index is 15.1. The number of alkyl halides is 2. The molecule has 2 aromatic heterocycles. The van der Waals surface area contributed by atoms with Crippen molar-refractivity contribution in [3.63, 3.8) is 0 Å². The van der Waals surface area contributed by atoms with Crippen molar-refractivity contribution in [2.24, 2.45) is 13.0 Å². The van der Waals surface area contributed by atoms with Crippen LogP contribution in [0.4, 0.5) is 19.0 Å². The number of aryl methyl sites for hydroxylation is 1. The fourth-order valence-corrected chi connectivity index (χ4v) is 5.19. The van der Waals surface area contributed by atoms with Gasteiger partial charge < -0.3 is 15.7 Å². The molecule has 4 rings (SSSR count). The number of carbonyl (C=O) groups is 2. The van der Waals surface area contributed by atoms with E-state index in [1.165, 1.54) is 25.4 Å². The van der Waals surface area contributed by atoms with Crippen molar-refractivity contribution in [3.05, 3.63) is 40.9 Å². The largest absolute Gasteiger partial charge is 0.378 e.